The van der Waals surface area contributed by atoms with Crippen LogP contribution in [0.5, 0.6) is 5.88 Å². The number of rotatable bonds is 8. The van der Waals surface area contributed by atoms with Gasteiger partial charge in [-0.2, -0.15) is 4.98 Å². The lowest BCUT2D eigenvalue weighted by Crippen LogP contribution is -2.27. The summed E-state index contributed by atoms with van der Waals surface area (Å²) in [5.74, 6) is -0.232. The largest absolute Gasteiger partial charge is 0.493 e. The third kappa shape index (κ3) is 4.81. The van der Waals surface area contributed by atoms with Gasteiger partial charge in [0.2, 0.25) is 15.7 Å². The number of sulfone groups is 1. The van der Waals surface area contributed by atoms with Crippen LogP contribution in [0, 0.1) is 6.92 Å². The average Bonchev–Trinajstić information content (AvgIpc) is 2.87. The van der Waals surface area contributed by atoms with Gasteiger partial charge in [-0.15, -0.1) is 0 Å². The fourth-order valence-electron chi connectivity index (χ4n) is 4.31. The number of hydrogen-bond acceptors (Lipinski definition) is 6. The molecule has 0 saturated carbocycles. The van der Waals surface area contributed by atoms with E-state index < -0.39 is 32.2 Å². The molecule has 0 radical (unpaired) electrons. The molecule has 0 spiro atoms. The van der Waals surface area contributed by atoms with Gasteiger partial charge in [-0.3, -0.25) is 14.3 Å². The molecular formula is C28H29N3O4S. The van der Waals surface area contributed by atoms with Gasteiger partial charge in [-0.05, 0) is 60.7 Å². The summed E-state index contributed by atoms with van der Waals surface area (Å²) in [6.07, 6.45) is 5.46. The monoisotopic (exact) mass is 503 g/mol. The van der Waals surface area contributed by atoms with Gasteiger partial charge >= 0.3 is 0 Å². The van der Waals surface area contributed by atoms with Crippen molar-refractivity contribution < 1.29 is 13.5 Å². The fourth-order valence-corrected chi connectivity index (χ4v) is 5.66. The second-order valence-corrected chi connectivity index (χ2v) is 10.7. The van der Waals surface area contributed by atoms with E-state index in [-0.39, 0.29) is 4.90 Å². The first-order chi connectivity index (χ1) is 17.3. The van der Waals surface area contributed by atoms with E-state index in [0.29, 0.717) is 12.2 Å². The van der Waals surface area contributed by atoms with Crippen LogP contribution in [-0.4, -0.2) is 28.1 Å². The maximum Gasteiger partial charge on any atom is 0.296 e. The van der Waals surface area contributed by atoms with Gasteiger partial charge in [0.05, 0.1) is 10.9 Å². The molecule has 2 aromatic carbocycles. The minimum absolute atomic E-state index is 0.0904. The molecule has 7 nitrogen and oxygen atoms in total. The summed E-state index contributed by atoms with van der Waals surface area (Å²) in [6, 6.07) is 17.1. The minimum Gasteiger partial charge on any atom is -0.493 e. The molecule has 0 amide bonds. The third-order valence-electron chi connectivity index (χ3n) is 6.32. The smallest absolute Gasteiger partial charge is 0.296 e. The van der Waals surface area contributed by atoms with Crippen molar-refractivity contribution in [2.45, 2.75) is 55.9 Å². The molecule has 2 heterocycles. The molecule has 0 fully saturated rings. The fraction of sp³-hybridized carbons (Fsp3) is 0.250. The van der Waals surface area contributed by atoms with Gasteiger partial charge in [0.25, 0.3) is 5.56 Å². The molecule has 0 unspecified atom stereocenters. The molecule has 186 valence electrons. The molecule has 36 heavy (non-hydrogen) atoms. The van der Waals surface area contributed by atoms with E-state index in [1.54, 1.807) is 24.5 Å². The Kier molecular flexibility index (Phi) is 7.35. The van der Waals surface area contributed by atoms with Crippen LogP contribution in [0.4, 0.5) is 0 Å². The van der Waals surface area contributed by atoms with E-state index in [0.717, 1.165) is 35.1 Å². The SMILES string of the molecule is CCCCc1nc(=O)c(S(=O)(=O)c2ccc(-c3ccncc3C)cc2)c(O)n1[C@H](C)c1ccccc1. The number of aryl methyl sites for hydroxylation is 2. The van der Waals surface area contributed by atoms with E-state index in [1.165, 1.54) is 16.7 Å². The quantitative estimate of drug-likeness (QED) is 0.359. The lowest BCUT2D eigenvalue weighted by atomic mass is 10.0. The highest BCUT2D eigenvalue weighted by Crippen LogP contribution is 2.32. The van der Waals surface area contributed by atoms with Crippen molar-refractivity contribution in [3.8, 4) is 17.0 Å². The predicted molar refractivity (Wildman–Crippen MR) is 139 cm³/mol. The molecule has 1 N–H and O–H groups in total. The Morgan fingerprint density at radius 2 is 1.72 bits per heavy atom. The predicted octanol–water partition coefficient (Wildman–Crippen LogP) is 5.10. The van der Waals surface area contributed by atoms with E-state index in [2.05, 4.69) is 9.97 Å². The third-order valence-corrected chi connectivity index (χ3v) is 8.11. The van der Waals surface area contributed by atoms with Crippen molar-refractivity contribution in [3.63, 3.8) is 0 Å². The lowest BCUT2D eigenvalue weighted by molar-refractivity contribution is 0.369. The summed E-state index contributed by atoms with van der Waals surface area (Å²) < 4.78 is 28.7. The zero-order valence-electron chi connectivity index (χ0n) is 20.5. The van der Waals surface area contributed by atoms with Crippen LogP contribution < -0.4 is 5.56 Å². The maximum atomic E-state index is 13.6. The summed E-state index contributed by atoms with van der Waals surface area (Å²) >= 11 is 0. The van der Waals surface area contributed by atoms with Crippen LogP contribution >= 0.6 is 0 Å². The molecule has 0 bridgehead atoms. The molecule has 0 aliphatic carbocycles. The van der Waals surface area contributed by atoms with Crippen LogP contribution in [0.15, 0.2) is 87.6 Å². The highest BCUT2D eigenvalue weighted by molar-refractivity contribution is 7.91. The van der Waals surface area contributed by atoms with Crippen molar-refractivity contribution in [1.29, 1.82) is 0 Å². The van der Waals surface area contributed by atoms with Gasteiger partial charge in [-0.25, -0.2) is 8.42 Å². The van der Waals surface area contributed by atoms with Crippen molar-refractivity contribution >= 4 is 9.84 Å². The summed E-state index contributed by atoms with van der Waals surface area (Å²) in [7, 11) is -4.34. The van der Waals surface area contributed by atoms with Crippen molar-refractivity contribution in [2.75, 3.05) is 0 Å². The number of nitrogens with zero attached hydrogens (tertiary/aromatic N) is 3. The molecule has 1 atom stereocenters. The Labute approximate surface area is 211 Å². The van der Waals surface area contributed by atoms with Gasteiger partial charge < -0.3 is 5.11 Å². The average molecular weight is 504 g/mol. The van der Waals surface area contributed by atoms with Crippen molar-refractivity contribution in [2.24, 2.45) is 0 Å². The number of unbranched alkanes of at least 4 members (excludes halogenated alkanes) is 1. The second-order valence-electron chi connectivity index (χ2n) is 8.76. The van der Waals surface area contributed by atoms with Gasteiger partial charge in [0, 0.05) is 18.8 Å². The number of aromatic nitrogens is 3. The zero-order chi connectivity index (χ0) is 25.9. The Morgan fingerprint density at radius 3 is 2.36 bits per heavy atom. The molecule has 0 saturated heterocycles. The number of hydrogen-bond donors (Lipinski definition) is 1. The van der Waals surface area contributed by atoms with Crippen LogP contribution in [0.3, 0.4) is 0 Å². The molecule has 4 rings (SSSR count). The summed E-state index contributed by atoms with van der Waals surface area (Å²) in [6.45, 7) is 5.78. The van der Waals surface area contributed by atoms with E-state index >= 15 is 0 Å². The second kappa shape index (κ2) is 10.5. The van der Waals surface area contributed by atoms with Gasteiger partial charge in [-0.1, -0.05) is 55.8 Å². The van der Waals surface area contributed by atoms with Crippen LogP contribution in [0.1, 0.15) is 49.7 Å². The highest BCUT2D eigenvalue weighted by atomic mass is 32.2. The maximum absolute atomic E-state index is 13.6. The topological polar surface area (TPSA) is 102 Å². The minimum atomic E-state index is -4.34. The molecule has 0 aliphatic heterocycles. The van der Waals surface area contributed by atoms with E-state index in [4.69, 9.17) is 0 Å². The first-order valence-electron chi connectivity index (χ1n) is 11.9. The van der Waals surface area contributed by atoms with E-state index in [1.807, 2.05) is 57.2 Å². The summed E-state index contributed by atoms with van der Waals surface area (Å²) in [5.41, 5.74) is 2.61. The normalized spacial score (nSPS) is 12.4. The van der Waals surface area contributed by atoms with Crippen molar-refractivity contribution in [1.82, 2.24) is 14.5 Å². The molecule has 2 aromatic heterocycles. The first kappa shape index (κ1) is 25.3. The zero-order valence-corrected chi connectivity index (χ0v) is 21.4. The van der Waals surface area contributed by atoms with Crippen molar-refractivity contribution in [3.05, 3.63) is 100 Å². The molecule has 8 heteroatoms. The Balaban J connectivity index is 1.84. The molecule has 4 aromatic rings. The highest BCUT2D eigenvalue weighted by Gasteiger charge is 2.31. The van der Waals surface area contributed by atoms with Crippen LogP contribution in [-0.2, 0) is 16.3 Å². The molecular weight excluding hydrogens is 474 g/mol. The lowest BCUT2D eigenvalue weighted by Gasteiger charge is -2.23. The Morgan fingerprint density at radius 1 is 1.03 bits per heavy atom. The van der Waals surface area contributed by atoms with Gasteiger partial charge in [0.1, 0.15) is 5.82 Å². The standard InChI is InChI=1S/C28H29N3O4S/c1-4-5-11-25-30-27(32)26(28(33)31(25)20(3)21-9-7-6-8-10-21)36(34,35)23-14-12-22(13-15-23)24-16-17-29-18-19(24)2/h6-10,12-18,20,33H,4-5,11H2,1-3H3/t20-/m1/s1. The van der Waals surface area contributed by atoms with Crippen LogP contribution in [0.2, 0.25) is 0 Å². The van der Waals surface area contributed by atoms with E-state index in [9.17, 15) is 18.3 Å². The Hall–Kier alpha value is -3.78. The summed E-state index contributed by atoms with van der Waals surface area (Å²) in [5, 5.41) is 11.3. The first-order valence-corrected chi connectivity index (χ1v) is 13.4. The Bertz CT molecular complexity index is 1530. The molecule has 0 aliphatic rings. The van der Waals surface area contributed by atoms with Gasteiger partial charge in [0.15, 0.2) is 4.90 Å². The number of benzene rings is 2. The summed E-state index contributed by atoms with van der Waals surface area (Å²) in [4.78, 5) is 20.5. The number of pyridine rings is 1. The van der Waals surface area contributed by atoms with Crippen LogP contribution in [0.25, 0.3) is 11.1 Å². The number of aromatic hydroxyl groups is 1.